The van der Waals surface area contributed by atoms with Crippen molar-refractivity contribution in [2.24, 2.45) is 5.92 Å². The van der Waals surface area contributed by atoms with E-state index >= 15 is 0 Å². The largest absolute Gasteiger partial charge is 0.469 e. The number of carbonyl (C=O) groups is 1. The van der Waals surface area contributed by atoms with E-state index in [1.807, 2.05) is 24.3 Å². The van der Waals surface area contributed by atoms with E-state index in [1.54, 1.807) is 12.3 Å². The maximum atomic E-state index is 11.7. The first kappa shape index (κ1) is 29.8. The molecule has 3 aromatic heterocycles. The van der Waals surface area contributed by atoms with Crippen molar-refractivity contribution in [3.05, 3.63) is 70.5 Å². The maximum absolute atomic E-state index is 11.7. The summed E-state index contributed by atoms with van der Waals surface area (Å²) < 4.78 is 18.5. The average Bonchev–Trinajstić information content (AvgIpc) is 3.36. The number of nitrogens with one attached hydrogen (secondary N) is 1. The molecule has 1 aromatic carbocycles. The Morgan fingerprint density at radius 3 is 2.60 bits per heavy atom. The van der Waals surface area contributed by atoms with Gasteiger partial charge in [-0.15, -0.1) is 0 Å². The monoisotopic (exact) mass is 623 g/mol. The van der Waals surface area contributed by atoms with Crippen LogP contribution in [0.5, 0.6) is 11.6 Å². The number of benzene rings is 1. The number of pyridine rings is 2. The lowest BCUT2D eigenvalue weighted by atomic mass is 9.93. The van der Waals surface area contributed by atoms with E-state index < -0.39 is 0 Å². The minimum Gasteiger partial charge on any atom is -0.469 e. The lowest BCUT2D eigenvalue weighted by molar-refractivity contribution is -0.142. The average molecular weight is 625 g/mol. The number of ether oxygens (including phenoxy) is 3. The lowest BCUT2D eigenvalue weighted by Gasteiger charge is -2.31. The summed E-state index contributed by atoms with van der Waals surface area (Å²) in [6.07, 6.45) is 6.18. The molecule has 11 heteroatoms. The summed E-state index contributed by atoms with van der Waals surface area (Å²) in [4.78, 5) is 23.6. The molecular formula is C32H35Cl2N5O4. The first-order valence-corrected chi connectivity index (χ1v) is 15.4. The number of piperidine rings is 1. The zero-order valence-corrected chi connectivity index (χ0v) is 25.6. The highest BCUT2D eigenvalue weighted by Gasteiger charge is 2.23. The van der Waals surface area contributed by atoms with Crippen molar-refractivity contribution in [1.82, 2.24) is 24.8 Å². The van der Waals surface area contributed by atoms with Gasteiger partial charge in [-0.05, 0) is 73.8 Å². The molecule has 2 fully saturated rings. The number of carbonyl (C=O) groups excluding carboxylic acids is 1. The van der Waals surface area contributed by atoms with Crippen molar-refractivity contribution < 1.29 is 19.0 Å². The van der Waals surface area contributed by atoms with Gasteiger partial charge in [-0.1, -0.05) is 23.2 Å². The predicted molar refractivity (Wildman–Crippen MR) is 167 cm³/mol. The number of esters is 1. The Morgan fingerprint density at radius 2 is 1.88 bits per heavy atom. The fourth-order valence-electron chi connectivity index (χ4n) is 5.64. The first-order valence-electron chi connectivity index (χ1n) is 14.6. The summed E-state index contributed by atoms with van der Waals surface area (Å²) in [5, 5.41) is 5.57. The van der Waals surface area contributed by atoms with Crippen LogP contribution < -0.4 is 10.1 Å². The number of hydrogen-bond acceptors (Lipinski definition) is 8. The summed E-state index contributed by atoms with van der Waals surface area (Å²) in [5.74, 6) is 1.30. The minimum atomic E-state index is -0.139. The predicted octanol–water partition coefficient (Wildman–Crippen LogP) is 5.96. The van der Waals surface area contributed by atoms with Gasteiger partial charge in [-0.2, -0.15) is 0 Å². The minimum absolute atomic E-state index is 0.139. The van der Waals surface area contributed by atoms with Crippen molar-refractivity contribution >= 4 is 40.2 Å². The Bertz CT molecular complexity index is 1560. The second-order valence-corrected chi connectivity index (χ2v) is 12.1. The molecule has 0 amide bonds. The molecule has 2 aliphatic rings. The smallest absolute Gasteiger partial charge is 0.305 e. The molecule has 1 N–H and O–H groups in total. The van der Waals surface area contributed by atoms with Gasteiger partial charge in [-0.25, -0.2) is 9.97 Å². The SMILES string of the molecule is COC(=O)CC1CCN(Cc2cc(Oc3cnc4c(ccn4CCNC4COC4)c3)nc(-c3cc(Cl)cc(Cl)c3)c2)CC1. The molecular weight excluding hydrogens is 589 g/mol. The number of hydrogen-bond donors (Lipinski definition) is 1. The summed E-state index contributed by atoms with van der Waals surface area (Å²) in [7, 11) is 1.45. The van der Waals surface area contributed by atoms with Gasteiger partial charge in [-0.3, -0.25) is 9.69 Å². The molecule has 0 aliphatic carbocycles. The second kappa shape index (κ2) is 13.6. The number of halogens is 2. The van der Waals surface area contributed by atoms with Crippen molar-refractivity contribution in [3.8, 4) is 22.9 Å². The molecule has 0 atom stereocenters. The van der Waals surface area contributed by atoms with E-state index in [1.165, 1.54) is 7.11 Å². The lowest BCUT2D eigenvalue weighted by Crippen LogP contribution is -2.46. The summed E-state index contributed by atoms with van der Waals surface area (Å²) in [6, 6.07) is 13.9. The van der Waals surface area contributed by atoms with Crippen molar-refractivity contribution in [2.45, 2.75) is 38.4 Å². The van der Waals surface area contributed by atoms with E-state index in [-0.39, 0.29) is 5.97 Å². The summed E-state index contributed by atoms with van der Waals surface area (Å²) in [6.45, 7) is 5.77. The number of likely N-dealkylation sites (tertiary alicyclic amines) is 1. The van der Waals surface area contributed by atoms with Gasteiger partial charge < -0.3 is 24.1 Å². The molecule has 0 bridgehead atoms. The number of fused-ring (bicyclic) bond motifs is 1. The van der Waals surface area contributed by atoms with Crippen molar-refractivity contribution in [3.63, 3.8) is 0 Å². The number of rotatable bonds is 11. The van der Waals surface area contributed by atoms with Crippen LogP contribution in [-0.4, -0.2) is 71.4 Å². The van der Waals surface area contributed by atoms with Gasteiger partial charge in [0.1, 0.15) is 11.4 Å². The van der Waals surface area contributed by atoms with Gasteiger partial charge in [0.2, 0.25) is 5.88 Å². The Balaban J connectivity index is 1.19. The van der Waals surface area contributed by atoms with E-state index in [0.717, 1.165) is 86.6 Å². The molecule has 2 saturated heterocycles. The quantitative estimate of drug-likeness (QED) is 0.205. The van der Waals surface area contributed by atoms with Crippen LogP contribution in [0.2, 0.25) is 10.0 Å². The molecule has 0 spiro atoms. The first-order chi connectivity index (χ1) is 20.9. The van der Waals surface area contributed by atoms with Crippen molar-refractivity contribution in [2.75, 3.05) is 40.0 Å². The van der Waals surface area contributed by atoms with E-state index in [2.05, 4.69) is 33.1 Å². The standard InChI is InChI=1S/C32H35Cl2N5O4/c1-41-31(40)12-21-2-6-38(7-3-21)18-22-10-29(24-13-25(33)16-26(34)14-24)37-30(11-22)43-28-15-23-4-8-39(32(23)36-17-28)9-5-35-27-19-42-20-27/h4,8,10-11,13-17,21,27,35H,2-3,5-7,9,12,18-20H2,1H3. The zero-order valence-electron chi connectivity index (χ0n) is 24.1. The van der Waals surface area contributed by atoms with Crippen LogP contribution in [0.25, 0.3) is 22.3 Å². The van der Waals surface area contributed by atoms with Gasteiger partial charge >= 0.3 is 5.97 Å². The van der Waals surface area contributed by atoms with Crippen LogP contribution in [0.1, 0.15) is 24.8 Å². The molecule has 0 unspecified atom stereocenters. The van der Waals surface area contributed by atoms with Crippen LogP contribution in [-0.2, 0) is 27.4 Å². The molecule has 2 aliphatic heterocycles. The Morgan fingerprint density at radius 1 is 1.09 bits per heavy atom. The van der Waals surface area contributed by atoms with Gasteiger partial charge in [0.15, 0.2) is 0 Å². The molecule has 9 nitrogen and oxygen atoms in total. The Kier molecular flexibility index (Phi) is 9.45. The van der Waals surface area contributed by atoms with Crippen LogP contribution in [0.3, 0.4) is 0 Å². The summed E-state index contributed by atoms with van der Waals surface area (Å²) in [5.41, 5.74) is 3.51. The third-order valence-electron chi connectivity index (χ3n) is 8.04. The van der Waals surface area contributed by atoms with Crippen LogP contribution in [0, 0.1) is 5.92 Å². The highest BCUT2D eigenvalue weighted by molar-refractivity contribution is 6.35. The van der Waals surface area contributed by atoms with E-state index in [0.29, 0.717) is 40.1 Å². The van der Waals surface area contributed by atoms with E-state index in [4.69, 9.17) is 47.4 Å². The van der Waals surface area contributed by atoms with E-state index in [9.17, 15) is 4.79 Å². The van der Waals surface area contributed by atoms with Crippen molar-refractivity contribution in [1.29, 1.82) is 0 Å². The molecule has 4 aromatic rings. The molecule has 43 heavy (non-hydrogen) atoms. The fourth-order valence-corrected chi connectivity index (χ4v) is 6.16. The Hall–Kier alpha value is -3.21. The maximum Gasteiger partial charge on any atom is 0.305 e. The van der Waals surface area contributed by atoms with Crippen LogP contribution >= 0.6 is 23.2 Å². The Labute approximate surface area is 261 Å². The van der Waals surface area contributed by atoms with Gasteiger partial charge in [0.25, 0.3) is 0 Å². The zero-order chi connectivity index (χ0) is 29.8. The topological polar surface area (TPSA) is 90.7 Å². The molecule has 226 valence electrons. The summed E-state index contributed by atoms with van der Waals surface area (Å²) >= 11 is 12.7. The fraction of sp³-hybridized carbons (Fsp3) is 0.406. The highest BCUT2D eigenvalue weighted by atomic mass is 35.5. The third-order valence-corrected chi connectivity index (χ3v) is 8.48. The third kappa shape index (κ3) is 7.66. The molecule has 5 heterocycles. The number of nitrogens with zero attached hydrogens (tertiary/aromatic N) is 4. The normalized spacial score (nSPS) is 16.3. The highest BCUT2D eigenvalue weighted by Crippen LogP contribution is 2.32. The number of methoxy groups -OCH3 is 1. The molecule has 0 radical (unpaired) electrons. The second-order valence-electron chi connectivity index (χ2n) is 11.2. The molecule has 6 rings (SSSR count). The molecule has 0 saturated carbocycles. The number of aromatic nitrogens is 3. The van der Waals surface area contributed by atoms with Gasteiger partial charge in [0, 0.05) is 59.3 Å². The van der Waals surface area contributed by atoms with Crippen LogP contribution in [0.4, 0.5) is 0 Å². The van der Waals surface area contributed by atoms with Gasteiger partial charge in [0.05, 0.1) is 38.3 Å². The van der Waals surface area contributed by atoms with Crippen LogP contribution in [0.15, 0.2) is 54.9 Å².